The molecule has 0 fully saturated rings. The van der Waals surface area contributed by atoms with Crippen molar-refractivity contribution in [2.45, 2.75) is 6.48 Å². The second kappa shape index (κ2) is 2.96. The average molecular weight is 177 g/mol. The molecule has 1 atom stereocenters. The molecule has 1 aliphatic heterocycles. The number of benzene rings is 1. The lowest BCUT2D eigenvalue weighted by atomic mass is 10.2. The maximum absolute atomic E-state index is 8.61. The number of hydrogen-bond donors (Lipinski definition) is 0. The highest BCUT2D eigenvalue weighted by atomic mass is 16.9. The number of nitrogens with zero attached hydrogens (tertiary/aromatic N) is 1. The molecule has 2 rings (SSSR count). The Labute approximate surface area is 75.3 Å². The number of hydrogen-bond acceptors (Lipinski definition) is 4. The SMILES string of the molecule is COC1Oc2ccc(C#N)cc2O1. The van der Waals surface area contributed by atoms with Crippen molar-refractivity contribution < 1.29 is 14.2 Å². The lowest BCUT2D eigenvalue weighted by Crippen LogP contribution is -2.19. The van der Waals surface area contributed by atoms with Gasteiger partial charge in [-0.25, -0.2) is 0 Å². The fourth-order valence-corrected chi connectivity index (χ4v) is 1.09. The van der Waals surface area contributed by atoms with E-state index in [1.807, 2.05) is 6.07 Å². The van der Waals surface area contributed by atoms with E-state index in [1.165, 1.54) is 7.11 Å². The number of methoxy groups -OCH3 is 1. The van der Waals surface area contributed by atoms with Crippen LogP contribution >= 0.6 is 0 Å². The number of nitriles is 1. The predicted octanol–water partition coefficient (Wildman–Crippen LogP) is 1.26. The highest BCUT2D eigenvalue weighted by molar-refractivity contribution is 5.48. The first-order valence-corrected chi connectivity index (χ1v) is 3.74. The van der Waals surface area contributed by atoms with Gasteiger partial charge in [0.2, 0.25) is 0 Å². The van der Waals surface area contributed by atoms with Crippen molar-refractivity contribution in [1.82, 2.24) is 0 Å². The summed E-state index contributed by atoms with van der Waals surface area (Å²) in [5.74, 6) is 1.15. The summed E-state index contributed by atoms with van der Waals surface area (Å²) in [5, 5.41) is 8.61. The molecule has 0 amide bonds. The maximum Gasteiger partial charge on any atom is 0.360 e. The summed E-state index contributed by atoms with van der Waals surface area (Å²) in [5.41, 5.74) is 0.541. The van der Waals surface area contributed by atoms with Crippen molar-refractivity contribution in [1.29, 1.82) is 5.26 Å². The summed E-state index contributed by atoms with van der Waals surface area (Å²) in [7, 11) is 1.49. The van der Waals surface area contributed by atoms with Crippen LogP contribution in [0.25, 0.3) is 0 Å². The van der Waals surface area contributed by atoms with Crippen LogP contribution in [0.4, 0.5) is 0 Å². The molecule has 0 saturated carbocycles. The first-order chi connectivity index (χ1) is 6.33. The molecule has 13 heavy (non-hydrogen) atoms. The molecule has 66 valence electrons. The van der Waals surface area contributed by atoms with Gasteiger partial charge in [0, 0.05) is 13.2 Å². The van der Waals surface area contributed by atoms with Gasteiger partial charge in [0.1, 0.15) is 0 Å². The van der Waals surface area contributed by atoms with Crippen molar-refractivity contribution in [2.24, 2.45) is 0 Å². The van der Waals surface area contributed by atoms with Crippen LogP contribution in [-0.2, 0) is 4.74 Å². The summed E-state index contributed by atoms with van der Waals surface area (Å²) in [6, 6.07) is 6.99. The molecule has 1 aromatic carbocycles. The second-order valence-electron chi connectivity index (χ2n) is 2.53. The van der Waals surface area contributed by atoms with Gasteiger partial charge in [0.25, 0.3) is 0 Å². The van der Waals surface area contributed by atoms with Crippen LogP contribution in [0.5, 0.6) is 11.5 Å². The van der Waals surface area contributed by atoms with Gasteiger partial charge in [-0.3, -0.25) is 0 Å². The molecule has 1 unspecified atom stereocenters. The van der Waals surface area contributed by atoms with Gasteiger partial charge in [-0.1, -0.05) is 0 Å². The van der Waals surface area contributed by atoms with E-state index in [0.29, 0.717) is 17.1 Å². The fraction of sp³-hybridized carbons (Fsp3) is 0.222. The molecule has 0 saturated heterocycles. The van der Waals surface area contributed by atoms with Crippen molar-refractivity contribution >= 4 is 0 Å². The molecule has 0 aliphatic carbocycles. The van der Waals surface area contributed by atoms with Crippen LogP contribution in [0.2, 0.25) is 0 Å². The zero-order valence-corrected chi connectivity index (χ0v) is 6.98. The van der Waals surface area contributed by atoms with Crippen LogP contribution in [0.15, 0.2) is 18.2 Å². The van der Waals surface area contributed by atoms with E-state index in [1.54, 1.807) is 18.2 Å². The summed E-state index contributed by atoms with van der Waals surface area (Å²) in [4.78, 5) is 0. The Hall–Kier alpha value is -1.73. The van der Waals surface area contributed by atoms with Crippen molar-refractivity contribution in [3.8, 4) is 17.6 Å². The third-order valence-corrected chi connectivity index (χ3v) is 1.71. The molecule has 4 nitrogen and oxygen atoms in total. The molecule has 0 bridgehead atoms. The van der Waals surface area contributed by atoms with Gasteiger partial charge >= 0.3 is 6.48 Å². The van der Waals surface area contributed by atoms with Gasteiger partial charge < -0.3 is 14.2 Å². The molecule has 0 N–H and O–H groups in total. The minimum atomic E-state index is -0.691. The van der Waals surface area contributed by atoms with Crippen LogP contribution in [0.1, 0.15) is 5.56 Å². The first-order valence-electron chi connectivity index (χ1n) is 3.74. The normalized spacial score (nSPS) is 18.3. The molecule has 1 aliphatic rings. The Morgan fingerprint density at radius 3 is 2.85 bits per heavy atom. The Bertz CT molecular complexity index is 370. The number of rotatable bonds is 1. The minimum absolute atomic E-state index is 0.541. The monoisotopic (exact) mass is 177 g/mol. The van der Waals surface area contributed by atoms with E-state index in [9.17, 15) is 0 Å². The zero-order chi connectivity index (χ0) is 9.26. The molecule has 1 heterocycles. The van der Waals surface area contributed by atoms with Crippen molar-refractivity contribution in [2.75, 3.05) is 7.11 Å². The van der Waals surface area contributed by atoms with Crippen LogP contribution in [-0.4, -0.2) is 13.6 Å². The van der Waals surface area contributed by atoms with Gasteiger partial charge in [-0.05, 0) is 12.1 Å². The quantitative estimate of drug-likeness (QED) is 0.648. The Kier molecular flexibility index (Phi) is 1.80. The summed E-state index contributed by atoms with van der Waals surface area (Å²) >= 11 is 0. The van der Waals surface area contributed by atoms with E-state index >= 15 is 0 Å². The number of ether oxygens (including phenoxy) is 3. The molecule has 0 aromatic heterocycles. The van der Waals surface area contributed by atoms with E-state index in [2.05, 4.69) is 0 Å². The average Bonchev–Trinajstić information content (AvgIpc) is 2.58. The van der Waals surface area contributed by atoms with Gasteiger partial charge in [0.05, 0.1) is 11.6 Å². The van der Waals surface area contributed by atoms with Gasteiger partial charge in [-0.2, -0.15) is 5.26 Å². The molecule has 1 aromatic rings. The third kappa shape index (κ3) is 1.30. The van der Waals surface area contributed by atoms with Crippen LogP contribution in [0, 0.1) is 11.3 Å². The molecule has 4 heteroatoms. The Balaban J connectivity index is 2.32. The van der Waals surface area contributed by atoms with E-state index in [-0.39, 0.29) is 0 Å². The molecular weight excluding hydrogens is 170 g/mol. The highest BCUT2D eigenvalue weighted by Gasteiger charge is 2.23. The first kappa shape index (κ1) is 7.90. The molecular formula is C9H7NO3. The Morgan fingerprint density at radius 2 is 2.15 bits per heavy atom. The third-order valence-electron chi connectivity index (χ3n) is 1.71. The zero-order valence-electron chi connectivity index (χ0n) is 6.98. The topological polar surface area (TPSA) is 51.5 Å². The predicted molar refractivity (Wildman–Crippen MR) is 43.2 cm³/mol. The largest absolute Gasteiger partial charge is 0.428 e. The van der Waals surface area contributed by atoms with Gasteiger partial charge in [0.15, 0.2) is 11.5 Å². The molecule has 0 spiro atoms. The van der Waals surface area contributed by atoms with Crippen LogP contribution in [0.3, 0.4) is 0 Å². The minimum Gasteiger partial charge on any atom is -0.428 e. The standard InChI is InChI=1S/C9H7NO3/c1-11-9-12-7-3-2-6(5-10)4-8(7)13-9/h2-4,9H,1H3. The smallest absolute Gasteiger partial charge is 0.360 e. The van der Waals surface area contributed by atoms with E-state index in [0.717, 1.165) is 0 Å². The lowest BCUT2D eigenvalue weighted by molar-refractivity contribution is -0.157. The second-order valence-corrected chi connectivity index (χ2v) is 2.53. The van der Waals surface area contributed by atoms with Crippen molar-refractivity contribution in [3.05, 3.63) is 23.8 Å². The van der Waals surface area contributed by atoms with Crippen LogP contribution < -0.4 is 9.47 Å². The van der Waals surface area contributed by atoms with Gasteiger partial charge in [-0.15, -0.1) is 0 Å². The summed E-state index contributed by atoms with van der Waals surface area (Å²) in [6.07, 6.45) is 0. The van der Waals surface area contributed by atoms with E-state index in [4.69, 9.17) is 19.5 Å². The number of fused-ring (bicyclic) bond motifs is 1. The highest BCUT2D eigenvalue weighted by Crippen LogP contribution is 2.35. The Morgan fingerprint density at radius 1 is 1.38 bits per heavy atom. The summed E-state index contributed by atoms with van der Waals surface area (Å²) in [6.45, 7) is -0.691. The fourth-order valence-electron chi connectivity index (χ4n) is 1.09. The van der Waals surface area contributed by atoms with E-state index < -0.39 is 6.48 Å². The maximum atomic E-state index is 8.61. The lowest BCUT2D eigenvalue weighted by Gasteiger charge is -2.05. The summed E-state index contributed by atoms with van der Waals surface area (Å²) < 4.78 is 15.2. The van der Waals surface area contributed by atoms with Crippen molar-refractivity contribution in [3.63, 3.8) is 0 Å². The molecule has 0 radical (unpaired) electrons.